The average Bonchev–Trinajstić information content (AvgIpc) is 2.35. The van der Waals surface area contributed by atoms with Crippen molar-refractivity contribution in [2.75, 3.05) is 5.32 Å². The van der Waals surface area contributed by atoms with Gasteiger partial charge in [-0.15, -0.1) is 0 Å². The molecular formula is C14H12F3N. The van der Waals surface area contributed by atoms with Gasteiger partial charge in [0.25, 0.3) is 0 Å². The Bertz CT molecular complexity index is 567. The maximum absolute atomic E-state index is 13.4. The minimum Gasteiger partial charge on any atom is -0.381 e. The molecule has 0 aliphatic rings. The molecule has 0 aliphatic carbocycles. The van der Waals surface area contributed by atoms with Crippen molar-refractivity contribution in [3.63, 3.8) is 0 Å². The van der Waals surface area contributed by atoms with Gasteiger partial charge in [0.1, 0.15) is 5.82 Å². The highest BCUT2D eigenvalue weighted by molar-refractivity contribution is 5.46. The Kier molecular flexibility index (Phi) is 3.55. The average molecular weight is 251 g/mol. The summed E-state index contributed by atoms with van der Waals surface area (Å²) >= 11 is 0. The molecule has 0 aromatic heterocycles. The van der Waals surface area contributed by atoms with E-state index in [1.165, 1.54) is 18.2 Å². The number of hydrogen-bond acceptors (Lipinski definition) is 1. The molecule has 18 heavy (non-hydrogen) atoms. The fraction of sp³-hybridized carbons (Fsp3) is 0.143. The third-order valence-corrected chi connectivity index (χ3v) is 2.67. The molecule has 2 aromatic carbocycles. The van der Waals surface area contributed by atoms with Crippen LogP contribution in [-0.2, 0) is 6.54 Å². The predicted octanol–water partition coefficient (Wildman–Crippen LogP) is 4.02. The Labute approximate surface area is 103 Å². The van der Waals surface area contributed by atoms with Crippen LogP contribution >= 0.6 is 0 Å². The summed E-state index contributed by atoms with van der Waals surface area (Å²) in [5.74, 6) is -2.02. The minimum atomic E-state index is -0.871. The summed E-state index contributed by atoms with van der Waals surface area (Å²) in [7, 11) is 0. The van der Waals surface area contributed by atoms with Gasteiger partial charge in [0.05, 0.1) is 0 Å². The summed E-state index contributed by atoms with van der Waals surface area (Å²) in [4.78, 5) is 0. The lowest BCUT2D eigenvalue weighted by Gasteiger charge is -2.08. The molecule has 0 heterocycles. The molecule has 2 rings (SSSR count). The molecular weight excluding hydrogens is 239 g/mol. The van der Waals surface area contributed by atoms with Gasteiger partial charge in [0.2, 0.25) is 0 Å². The van der Waals surface area contributed by atoms with Crippen molar-refractivity contribution in [3.05, 3.63) is 65.0 Å². The van der Waals surface area contributed by atoms with Gasteiger partial charge in [0.15, 0.2) is 11.6 Å². The van der Waals surface area contributed by atoms with Crippen molar-refractivity contribution in [2.45, 2.75) is 13.5 Å². The largest absolute Gasteiger partial charge is 0.381 e. The maximum Gasteiger partial charge on any atom is 0.163 e. The van der Waals surface area contributed by atoms with E-state index < -0.39 is 11.6 Å². The van der Waals surface area contributed by atoms with Crippen LogP contribution in [0.2, 0.25) is 0 Å². The van der Waals surface area contributed by atoms with Gasteiger partial charge in [-0.25, -0.2) is 13.2 Å². The quantitative estimate of drug-likeness (QED) is 0.868. The first kappa shape index (κ1) is 12.5. The SMILES string of the molecule is Cc1cc(NCc2cccc(F)c2F)ccc1F. The third kappa shape index (κ3) is 2.64. The molecule has 0 saturated carbocycles. The van der Waals surface area contributed by atoms with Crippen LogP contribution in [0.25, 0.3) is 0 Å². The van der Waals surface area contributed by atoms with E-state index in [1.807, 2.05) is 0 Å². The van der Waals surface area contributed by atoms with E-state index in [4.69, 9.17) is 0 Å². The molecule has 2 aromatic rings. The summed E-state index contributed by atoms with van der Waals surface area (Å²) in [6, 6.07) is 8.53. The van der Waals surface area contributed by atoms with Gasteiger partial charge < -0.3 is 5.32 Å². The Morgan fingerprint density at radius 2 is 1.78 bits per heavy atom. The third-order valence-electron chi connectivity index (χ3n) is 2.67. The molecule has 0 radical (unpaired) electrons. The minimum absolute atomic E-state index is 0.147. The standard InChI is InChI=1S/C14H12F3N/c1-9-7-11(5-6-12(9)15)18-8-10-3-2-4-13(16)14(10)17/h2-7,18H,8H2,1H3. The van der Waals surface area contributed by atoms with Crippen molar-refractivity contribution in [1.82, 2.24) is 0 Å². The molecule has 4 heteroatoms. The zero-order chi connectivity index (χ0) is 13.1. The van der Waals surface area contributed by atoms with Gasteiger partial charge in [-0.3, -0.25) is 0 Å². The van der Waals surface area contributed by atoms with E-state index in [1.54, 1.807) is 19.1 Å². The van der Waals surface area contributed by atoms with Crippen LogP contribution in [-0.4, -0.2) is 0 Å². The topological polar surface area (TPSA) is 12.0 Å². The van der Waals surface area contributed by atoms with Crippen LogP contribution in [0, 0.1) is 24.4 Å². The van der Waals surface area contributed by atoms with Crippen molar-refractivity contribution in [2.24, 2.45) is 0 Å². The molecule has 0 atom stereocenters. The number of nitrogens with one attached hydrogen (secondary N) is 1. The zero-order valence-corrected chi connectivity index (χ0v) is 9.81. The van der Waals surface area contributed by atoms with Crippen LogP contribution in [0.3, 0.4) is 0 Å². The Hall–Kier alpha value is -1.97. The normalized spacial score (nSPS) is 10.4. The molecule has 94 valence electrons. The van der Waals surface area contributed by atoms with Crippen LogP contribution < -0.4 is 5.32 Å². The van der Waals surface area contributed by atoms with Gasteiger partial charge in [0, 0.05) is 17.8 Å². The maximum atomic E-state index is 13.4. The molecule has 0 unspecified atom stereocenters. The molecule has 0 amide bonds. The summed E-state index contributed by atoms with van der Waals surface area (Å²) in [6.07, 6.45) is 0. The smallest absolute Gasteiger partial charge is 0.163 e. The monoisotopic (exact) mass is 251 g/mol. The molecule has 1 N–H and O–H groups in total. The van der Waals surface area contributed by atoms with E-state index in [2.05, 4.69) is 5.32 Å². The van der Waals surface area contributed by atoms with E-state index in [9.17, 15) is 13.2 Å². The lowest BCUT2D eigenvalue weighted by atomic mass is 10.2. The van der Waals surface area contributed by atoms with E-state index >= 15 is 0 Å². The van der Waals surface area contributed by atoms with Crippen molar-refractivity contribution in [1.29, 1.82) is 0 Å². The molecule has 0 saturated heterocycles. The number of aryl methyl sites for hydroxylation is 1. The van der Waals surface area contributed by atoms with Gasteiger partial charge >= 0.3 is 0 Å². The summed E-state index contributed by atoms with van der Waals surface area (Å²) in [5, 5.41) is 2.92. The second-order valence-electron chi connectivity index (χ2n) is 4.03. The molecule has 0 spiro atoms. The highest BCUT2D eigenvalue weighted by atomic mass is 19.2. The second-order valence-corrected chi connectivity index (χ2v) is 4.03. The molecule has 1 nitrogen and oxygen atoms in total. The number of hydrogen-bond donors (Lipinski definition) is 1. The van der Waals surface area contributed by atoms with Gasteiger partial charge in [-0.1, -0.05) is 12.1 Å². The number of rotatable bonds is 3. The lowest BCUT2D eigenvalue weighted by Crippen LogP contribution is -2.03. The number of anilines is 1. The van der Waals surface area contributed by atoms with Crippen LogP contribution in [0.4, 0.5) is 18.9 Å². The first-order valence-electron chi connectivity index (χ1n) is 5.51. The zero-order valence-electron chi connectivity index (χ0n) is 9.81. The summed E-state index contributed by atoms with van der Waals surface area (Å²) < 4.78 is 39.4. The number of halogens is 3. The van der Waals surface area contributed by atoms with Crippen molar-refractivity contribution < 1.29 is 13.2 Å². The predicted molar refractivity (Wildman–Crippen MR) is 64.8 cm³/mol. The Balaban J connectivity index is 2.11. The first-order valence-corrected chi connectivity index (χ1v) is 5.51. The molecule has 0 aliphatic heterocycles. The number of benzene rings is 2. The Morgan fingerprint density at radius 1 is 1.00 bits per heavy atom. The van der Waals surface area contributed by atoms with Crippen LogP contribution in [0.1, 0.15) is 11.1 Å². The van der Waals surface area contributed by atoms with Crippen LogP contribution in [0.15, 0.2) is 36.4 Å². The summed E-state index contributed by atoms with van der Waals surface area (Å²) in [6.45, 7) is 1.79. The van der Waals surface area contributed by atoms with Crippen LogP contribution in [0.5, 0.6) is 0 Å². The highest BCUT2D eigenvalue weighted by Gasteiger charge is 2.07. The fourth-order valence-electron chi connectivity index (χ4n) is 1.64. The Morgan fingerprint density at radius 3 is 2.50 bits per heavy atom. The van der Waals surface area contributed by atoms with Gasteiger partial charge in [-0.2, -0.15) is 0 Å². The van der Waals surface area contributed by atoms with Gasteiger partial charge in [-0.05, 0) is 36.8 Å². The molecule has 0 fully saturated rings. The highest BCUT2D eigenvalue weighted by Crippen LogP contribution is 2.16. The fourth-order valence-corrected chi connectivity index (χ4v) is 1.64. The van der Waals surface area contributed by atoms with E-state index in [0.29, 0.717) is 11.3 Å². The van der Waals surface area contributed by atoms with E-state index in [-0.39, 0.29) is 17.9 Å². The second kappa shape index (κ2) is 5.12. The molecule has 0 bridgehead atoms. The first-order chi connectivity index (χ1) is 8.58. The summed E-state index contributed by atoms with van der Waals surface area (Å²) in [5.41, 5.74) is 1.40. The van der Waals surface area contributed by atoms with Crippen molar-refractivity contribution in [3.8, 4) is 0 Å². The van der Waals surface area contributed by atoms with Crippen molar-refractivity contribution >= 4 is 5.69 Å². The lowest BCUT2D eigenvalue weighted by molar-refractivity contribution is 0.500. The van der Waals surface area contributed by atoms with E-state index in [0.717, 1.165) is 6.07 Å².